The Kier molecular flexibility index (Phi) is 5.28. The fourth-order valence-corrected chi connectivity index (χ4v) is 2.00. The molecule has 1 aromatic heterocycles. The van der Waals surface area contributed by atoms with E-state index in [0.29, 0.717) is 5.95 Å². The van der Waals surface area contributed by atoms with Gasteiger partial charge in [-0.1, -0.05) is 5.16 Å². The first-order valence-electron chi connectivity index (χ1n) is 6.27. The van der Waals surface area contributed by atoms with Crippen LogP contribution in [0, 0.1) is 0 Å². The summed E-state index contributed by atoms with van der Waals surface area (Å²) in [6.07, 6.45) is 4.95. The number of aromatic nitrogens is 2. The molecule has 0 bridgehead atoms. The summed E-state index contributed by atoms with van der Waals surface area (Å²) in [5.74, 6) is -0.175. The summed E-state index contributed by atoms with van der Waals surface area (Å²) in [5, 5.41) is 12.5. The molecule has 0 amide bonds. The number of piperidine rings is 1. The number of carbonyl (C=O) groups is 1. The van der Waals surface area contributed by atoms with Crippen LogP contribution in [0.5, 0.6) is 0 Å². The van der Waals surface area contributed by atoms with Gasteiger partial charge in [0.05, 0.1) is 16.6 Å². The summed E-state index contributed by atoms with van der Waals surface area (Å²) in [5.41, 5.74) is 0.948. The molecular weight excluding hydrogens is 328 g/mol. The molecule has 1 aliphatic rings. The zero-order chi connectivity index (χ0) is 14.4. The van der Waals surface area contributed by atoms with E-state index >= 15 is 0 Å². The maximum absolute atomic E-state index is 10.3. The van der Waals surface area contributed by atoms with Gasteiger partial charge in [-0.15, -0.1) is 0 Å². The van der Waals surface area contributed by atoms with Crippen LogP contribution in [0.15, 0.2) is 22.0 Å². The van der Waals surface area contributed by atoms with E-state index < -0.39 is 5.97 Å². The molecule has 0 atom stereocenters. The van der Waals surface area contributed by atoms with Crippen molar-refractivity contribution in [1.29, 1.82) is 0 Å². The summed E-state index contributed by atoms with van der Waals surface area (Å²) in [7, 11) is 0. The molecule has 0 aromatic carbocycles. The van der Waals surface area contributed by atoms with E-state index in [-0.39, 0.29) is 13.0 Å². The first-order chi connectivity index (χ1) is 9.65. The van der Waals surface area contributed by atoms with Gasteiger partial charge in [0.25, 0.3) is 0 Å². The highest BCUT2D eigenvalue weighted by Crippen LogP contribution is 2.15. The number of hydrogen-bond donors (Lipinski definition) is 1. The predicted octanol–water partition coefficient (Wildman–Crippen LogP) is 1.69. The molecule has 2 rings (SSSR count). The van der Waals surface area contributed by atoms with Crippen LogP contribution < -0.4 is 4.90 Å². The summed E-state index contributed by atoms with van der Waals surface area (Å²) < 4.78 is 0.854. The molecule has 0 spiro atoms. The quantitative estimate of drug-likeness (QED) is 0.647. The van der Waals surface area contributed by atoms with Crippen LogP contribution in [-0.2, 0) is 9.63 Å². The lowest BCUT2D eigenvalue weighted by Gasteiger charge is -2.27. The SMILES string of the molecule is O=C(O)CCON=C1CCN(c2ncc(Br)cn2)CC1. The number of anilines is 1. The van der Waals surface area contributed by atoms with Crippen LogP contribution in [-0.4, -0.2) is 46.5 Å². The Labute approximate surface area is 124 Å². The van der Waals surface area contributed by atoms with Crippen molar-refractivity contribution in [1.82, 2.24) is 9.97 Å². The Balaban J connectivity index is 1.78. The molecule has 1 aromatic rings. The number of aliphatic carboxylic acids is 1. The Morgan fingerprint density at radius 2 is 2.05 bits per heavy atom. The van der Waals surface area contributed by atoms with Crippen LogP contribution in [0.3, 0.4) is 0 Å². The monoisotopic (exact) mass is 342 g/mol. The molecule has 0 saturated carbocycles. The Morgan fingerprint density at radius 1 is 1.40 bits per heavy atom. The van der Waals surface area contributed by atoms with Crippen molar-refractivity contribution in [2.24, 2.45) is 5.16 Å². The van der Waals surface area contributed by atoms with E-state index in [9.17, 15) is 4.79 Å². The molecule has 7 nitrogen and oxygen atoms in total. The molecule has 2 heterocycles. The van der Waals surface area contributed by atoms with Crippen LogP contribution in [0.1, 0.15) is 19.3 Å². The standard InChI is InChI=1S/C12H15BrN4O3/c13-9-7-14-12(15-8-9)17-4-1-10(2-5-17)16-20-6-3-11(18)19/h7-8H,1-6H2,(H,18,19). The maximum Gasteiger partial charge on any atom is 0.306 e. The number of rotatable bonds is 5. The van der Waals surface area contributed by atoms with Crippen LogP contribution >= 0.6 is 15.9 Å². The Bertz CT molecular complexity index is 482. The van der Waals surface area contributed by atoms with E-state index in [1.165, 1.54) is 0 Å². The molecule has 1 aliphatic heterocycles. The van der Waals surface area contributed by atoms with Crippen molar-refractivity contribution < 1.29 is 14.7 Å². The molecule has 1 N–H and O–H groups in total. The molecule has 0 aliphatic carbocycles. The molecule has 8 heteroatoms. The van der Waals surface area contributed by atoms with Crippen molar-refractivity contribution in [3.63, 3.8) is 0 Å². The second-order valence-corrected chi connectivity index (χ2v) is 5.24. The fourth-order valence-electron chi connectivity index (χ4n) is 1.79. The topological polar surface area (TPSA) is 87.9 Å². The molecule has 1 saturated heterocycles. The van der Waals surface area contributed by atoms with Gasteiger partial charge in [0.15, 0.2) is 0 Å². The minimum absolute atomic E-state index is 0.0321. The normalized spacial score (nSPS) is 15.1. The van der Waals surface area contributed by atoms with Gasteiger partial charge in [-0.25, -0.2) is 9.97 Å². The smallest absolute Gasteiger partial charge is 0.306 e. The molecule has 1 fully saturated rings. The van der Waals surface area contributed by atoms with Crippen molar-refractivity contribution in [2.45, 2.75) is 19.3 Å². The highest BCUT2D eigenvalue weighted by atomic mass is 79.9. The molecule has 0 radical (unpaired) electrons. The molecular formula is C12H15BrN4O3. The zero-order valence-electron chi connectivity index (χ0n) is 10.8. The van der Waals surface area contributed by atoms with Gasteiger partial charge in [-0.05, 0) is 15.9 Å². The summed E-state index contributed by atoms with van der Waals surface area (Å²) >= 11 is 3.30. The first-order valence-corrected chi connectivity index (χ1v) is 7.06. The number of nitrogens with zero attached hydrogens (tertiary/aromatic N) is 4. The van der Waals surface area contributed by atoms with Crippen LogP contribution in [0.25, 0.3) is 0 Å². The third-order valence-electron chi connectivity index (χ3n) is 2.83. The van der Waals surface area contributed by atoms with E-state index in [1.807, 2.05) is 0 Å². The van der Waals surface area contributed by atoms with E-state index in [0.717, 1.165) is 36.1 Å². The number of halogens is 1. The largest absolute Gasteiger partial charge is 0.481 e. The third kappa shape index (κ3) is 4.44. The summed E-state index contributed by atoms with van der Waals surface area (Å²) in [6.45, 7) is 1.67. The predicted molar refractivity (Wildman–Crippen MR) is 76.8 cm³/mol. The fraction of sp³-hybridized carbons (Fsp3) is 0.500. The lowest BCUT2D eigenvalue weighted by atomic mass is 10.1. The highest BCUT2D eigenvalue weighted by Gasteiger charge is 2.17. The van der Waals surface area contributed by atoms with E-state index in [2.05, 4.69) is 36.0 Å². The van der Waals surface area contributed by atoms with Crippen molar-refractivity contribution in [2.75, 3.05) is 24.6 Å². The Hall–Kier alpha value is -1.70. The highest BCUT2D eigenvalue weighted by molar-refractivity contribution is 9.10. The van der Waals surface area contributed by atoms with Crippen molar-refractivity contribution in [3.05, 3.63) is 16.9 Å². The maximum atomic E-state index is 10.3. The van der Waals surface area contributed by atoms with E-state index in [1.54, 1.807) is 12.4 Å². The van der Waals surface area contributed by atoms with E-state index in [4.69, 9.17) is 9.94 Å². The number of oxime groups is 1. The minimum atomic E-state index is -0.882. The van der Waals surface area contributed by atoms with Crippen LogP contribution in [0.2, 0.25) is 0 Å². The van der Waals surface area contributed by atoms with Gasteiger partial charge in [-0.2, -0.15) is 0 Å². The zero-order valence-corrected chi connectivity index (χ0v) is 12.4. The lowest BCUT2D eigenvalue weighted by molar-refractivity contribution is -0.138. The molecule has 108 valence electrons. The number of carboxylic acid groups (broad SMARTS) is 1. The van der Waals surface area contributed by atoms with Gasteiger partial charge in [0.1, 0.15) is 6.61 Å². The van der Waals surface area contributed by atoms with Crippen molar-refractivity contribution in [3.8, 4) is 0 Å². The van der Waals surface area contributed by atoms with Crippen molar-refractivity contribution >= 4 is 33.6 Å². The van der Waals surface area contributed by atoms with Gasteiger partial charge in [-0.3, -0.25) is 4.79 Å². The van der Waals surface area contributed by atoms with Gasteiger partial charge in [0.2, 0.25) is 5.95 Å². The second kappa shape index (κ2) is 7.18. The van der Waals surface area contributed by atoms with Gasteiger partial charge >= 0.3 is 5.97 Å². The molecule has 20 heavy (non-hydrogen) atoms. The Morgan fingerprint density at radius 3 is 2.65 bits per heavy atom. The summed E-state index contributed by atoms with van der Waals surface area (Å²) in [4.78, 5) is 25.9. The number of carboxylic acids is 1. The number of hydrogen-bond acceptors (Lipinski definition) is 6. The van der Waals surface area contributed by atoms with Crippen LogP contribution in [0.4, 0.5) is 5.95 Å². The molecule has 0 unspecified atom stereocenters. The second-order valence-electron chi connectivity index (χ2n) is 4.32. The lowest BCUT2D eigenvalue weighted by Crippen LogP contribution is -2.35. The minimum Gasteiger partial charge on any atom is -0.481 e. The first kappa shape index (κ1) is 14.7. The van der Waals surface area contributed by atoms with Gasteiger partial charge in [0, 0.05) is 38.3 Å². The average molecular weight is 343 g/mol. The average Bonchev–Trinajstić information content (AvgIpc) is 2.45. The summed E-state index contributed by atoms with van der Waals surface area (Å²) in [6, 6.07) is 0. The van der Waals surface area contributed by atoms with Gasteiger partial charge < -0.3 is 14.8 Å². The third-order valence-corrected chi connectivity index (χ3v) is 3.24.